The number of amides is 2. The van der Waals surface area contributed by atoms with E-state index in [-0.39, 0.29) is 6.54 Å². The number of nitrogens with zero attached hydrogens (tertiary/aromatic N) is 3. The lowest BCUT2D eigenvalue weighted by Gasteiger charge is -2.15. The van der Waals surface area contributed by atoms with Gasteiger partial charge in [0.25, 0.3) is 0 Å². The minimum atomic E-state index is -1.04. The van der Waals surface area contributed by atoms with Gasteiger partial charge in [0, 0.05) is 32.4 Å². The van der Waals surface area contributed by atoms with Gasteiger partial charge in [-0.25, -0.2) is 4.79 Å². The summed E-state index contributed by atoms with van der Waals surface area (Å²) in [6, 6.07) is -0.421. The topological polar surface area (TPSA) is 87.5 Å². The van der Waals surface area contributed by atoms with Crippen LogP contribution in [0.25, 0.3) is 0 Å². The van der Waals surface area contributed by atoms with E-state index >= 15 is 0 Å². The molecule has 2 amide bonds. The third-order valence-corrected chi connectivity index (χ3v) is 2.26. The largest absolute Gasteiger partial charge is 0.480 e. The quantitative estimate of drug-likeness (QED) is 0.772. The first-order valence-electron chi connectivity index (χ1n) is 5.10. The number of nitrogens with one attached hydrogen (secondary N) is 1. The average molecular weight is 240 g/mol. The molecule has 0 unspecified atom stereocenters. The van der Waals surface area contributed by atoms with Crippen molar-refractivity contribution in [3.05, 3.63) is 17.5 Å². The van der Waals surface area contributed by atoms with Gasteiger partial charge in [0.1, 0.15) is 6.54 Å². The van der Waals surface area contributed by atoms with Gasteiger partial charge in [-0.1, -0.05) is 0 Å². The average Bonchev–Trinajstić information content (AvgIpc) is 2.52. The molecule has 94 valence electrons. The summed E-state index contributed by atoms with van der Waals surface area (Å²) in [5.41, 5.74) is 1.75. The minimum Gasteiger partial charge on any atom is -0.480 e. The van der Waals surface area contributed by atoms with E-state index < -0.39 is 12.0 Å². The Morgan fingerprint density at radius 2 is 2.24 bits per heavy atom. The van der Waals surface area contributed by atoms with Gasteiger partial charge >= 0.3 is 12.0 Å². The van der Waals surface area contributed by atoms with Crippen LogP contribution in [0.4, 0.5) is 4.79 Å². The molecule has 17 heavy (non-hydrogen) atoms. The van der Waals surface area contributed by atoms with Gasteiger partial charge in [-0.05, 0) is 6.92 Å². The number of hydrogen-bond acceptors (Lipinski definition) is 3. The Kier molecular flexibility index (Phi) is 4.08. The molecule has 7 nitrogen and oxygen atoms in total. The van der Waals surface area contributed by atoms with Crippen molar-refractivity contribution in [2.24, 2.45) is 7.05 Å². The fourth-order valence-corrected chi connectivity index (χ4v) is 1.40. The van der Waals surface area contributed by atoms with E-state index in [1.54, 1.807) is 11.7 Å². The number of carboxylic acids is 1. The van der Waals surface area contributed by atoms with Crippen LogP contribution in [0.15, 0.2) is 6.20 Å². The van der Waals surface area contributed by atoms with Crippen LogP contribution in [0, 0.1) is 6.92 Å². The smallest absolute Gasteiger partial charge is 0.323 e. The predicted octanol–water partition coefficient (Wildman–Crippen LogP) is -0.0455. The van der Waals surface area contributed by atoms with Crippen LogP contribution >= 0.6 is 0 Å². The van der Waals surface area contributed by atoms with Crippen LogP contribution in [0.5, 0.6) is 0 Å². The maximum atomic E-state index is 11.5. The number of carbonyl (C=O) groups is 2. The van der Waals surface area contributed by atoms with Gasteiger partial charge in [-0.2, -0.15) is 5.10 Å². The van der Waals surface area contributed by atoms with Gasteiger partial charge in [-0.15, -0.1) is 0 Å². The van der Waals surface area contributed by atoms with Crippen molar-refractivity contribution in [3.63, 3.8) is 0 Å². The van der Waals surface area contributed by atoms with Crippen LogP contribution in [-0.2, 0) is 18.4 Å². The molecule has 0 spiro atoms. The SMILES string of the molecule is Cc1nn(C)cc1CNC(=O)N(C)CC(=O)O. The highest BCUT2D eigenvalue weighted by Gasteiger charge is 2.12. The second-order valence-corrected chi connectivity index (χ2v) is 3.82. The summed E-state index contributed by atoms with van der Waals surface area (Å²) < 4.78 is 1.66. The molecule has 0 aliphatic rings. The van der Waals surface area contributed by atoms with Crippen LogP contribution in [0.2, 0.25) is 0 Å². The van der Waals surface area contributed by atoms with Crippen molar-refractivity contribution < 1.29 is 14.7 Å². The lowest BCUT2D eigenvalue weighted by Crippen LogP contribution is -2.39. The van der Waals surface area contributed by atoms with E-state index in [4.69, 9.17) is 5.11 Å². The minimum absolute atomic E-state index is 0.322. The molecule has 0 radical (unpaired) electrons. The van der Waals surface area contributed by atoms with Crippen LogP contribution < -0.4 is 5.32 Å². The Bertz CT molecular complexity index is 427. The predicted molar refractivity (Wildman–Crippen MR) is 60.4 cm³/mol. The Morgan fingerprint density at radius 1 is 1.59 bits per heavy atom. The van der Waals surface area contributed by atoms with Crippen molar-refractivity contribution in [1.82, 2.24) is 20.0 Å². The first-order chi connectivity index (χ1) is 7.90. The molecular weight excluding hydrogens is 224 g/mol. The maximum Gasteiger partial charge on any atom is 0.323 e. The Hall–Kier alpha value is -2.05. The number of aromatic nitrogens is 2. The summed E-state index contributed by atoms with van der Waals surface area (Å²) >= 11 is 0. The molecule has 0 fully saturated rings. The molecule has 0 aromatic carbocycles. The van der Waals surface area contributed by atoms with E-state index in [1.165, 1.54) is 7.05 Å². The number of carbonyl (C=O) groups excluding carboxylic acids is 1. The molecule has 0 saturated heterocycles. The number of rotatable bonds is 4. The second kappa shape index (κ2) is 5.33. The summed E-state index contributed by atoms with van der Waals surface area (Å²) in [7, 11) is 3.23. The van der Waals surface area contributed by atoms with Gasteiger partial charge in [0.2, 0.25) is 0 Å². The first kappa shape index (κ1) is 13.0. The molecule has 0 aliphatic heterocycles. The summed E-state index contributed by atoms with van der Waals surface area (Å²) in [6.07, 6.45) is 1.81. The van der Waals surface area contributed by atoms with Crippen molar-refractivity contribution in [2.75, 3.05) is 13.6 Å². The number of urea groups is 1. The second-order valence-electron chi connectivity index (χ2n) is 3.82. The molecular formula is C10H16N4O3. The highest BCUT2D eigenvalue weighted by Crippen LogP contribution is 2.03. The zero-order valence-electron chi connectivity index (χ0n) is 10.1. The van der Waals surface area contributed by atoms with Gasteiger partial charge in [0.15, 0.2) is 0 Å². The van der Waals surface area contributed by atoms with E-state index in [1.807, 2.05) is 13.1 Å². The first-order valence-corrected chi connectivity index (χ1v) is 5.10. The zero-order chi connectivity index (χ0) is 13.0. The molecule has 7 heteroatoms. The van der Waals surface area contributed by atoms with Gasteiger partial charge in [0.05, 0.1) is 5.69 Å². The van der Waals surface area contributed by atoms with E-state index in [0.717, 1.165) is 16.2 Å². The number of hydrogen-bond donors (Lipinski definition) is 2. The fraction of sp³-hybridized carbons (Fsp3) is 0.500. The van der Waals surface area contributed by atoms with E-state index in [2.05, 4.69) is 10.4 Å². The van der Waals surface area contributed by atoms with Gasteiger partial charge < -0.3 is 15.3 Å². The number of carboxylic acid groups (broad SMARTS) is 1. The Balaban J connectivity index is 2.48. The van der Waals surface area contributed by atoms with Crippen molar-refractivity contribution in [1.29, 1.82) is 0 Å². The Labute approximate surface area is 99.0 Å². The molecule has 1 aromatic heterocycles. The standard InChI is InChI=1S/C10H16N4O3/c1-7-8(5-14(3)12-7)4-11-10(17)13(2)6-9(15)16/h5H,4,6H2,1-3H3,(H,11,17)(H,15,16). The fourth-order valence-electron chi connectivity index (χ4n) is 1.40. The molecule has 1 rings (SSSR count). The third kappa shape index (κ3) is 3.78. The van der Waals surface area contributed by atoms with E-state index in [9.17, 15) is 9.59 Å². The van der Waals surface area contributed by atoms with Crippen molar-refractivity contribution >= 4 is 12.0 Å². The number of aliphatic carboxylic acids is 1. The van der Waals surface area contributed by atoms with Crippen LogP contribution in [0.1, 0.15) is 11.3 Å². The van der Waals surface area contributed by atoms with Crippen molar-refractivity contribution in [2.45, 2.75) is 13.5 Å². The summed E-state index contributed by atoms with van der Waals surface area (Å²) in [5, 5.41) is 15.3. The number of aryl methyl sites for hydroxylation is 2. The third-order valence-electron chi connectivity index (χ3n) is 2.26. The van der Waals surface area contributed by atoms with Gasteiger partial charge in [-0.3, -0.25) is 9.48 Å². The van der Waals surface area contributed by atoms with Crippen LogP contribution in [-0.4, -0.2) is 45.4 Å². The normalized spacial score (nSPS) is 10.1. The summed E-state index contributed by atoms with van der Waals surface area (Å²) in [5.74, 6) is -1.04. The van der Waals surface area contributed by atoms with Crippen molar-refractivity contribution in [3.8, 4) is 0 Å². The molecule has 2 N–H and O–H groups in total. The molecule has 0 saturated carbocycles. The monoisotopic (exact) mass is 240 g/mol. The molecule has 0 bridgehead atoms. The highest BCUT2D eigenvalue weighted by atomic mass is 16.4. The summed E-state index contributed by atoms with van der Waals surface area (Å²) in [4.78, 5) is 23.0. The Morgan fingerprint density at radius 3 is 2.71 bits per heavy atom. The lowest BCUT2D eigenvalue weighted by molar-refractivity contribution is -0.137. The lowest BCUT2D eigenvalue weighted by atomic mass is 10.3. The summed E-state index contributed by atoms with van der Waals surface area (Å²) in [6.45, 7) is 1.86. The van der Waals surface area contributed by atoms with Crippen LogP contribution in [0.3, 0.4) is 0 Å². The molecule has 1 heterocycles. The molecule has 1 aromatic rings. The maximum absolute atomic E-state index is 11.5. The number of likely N-dealkylation sites (N-methyl/N-ethyl adjacent to an activating group) is 1. The van der Waals surface area contributed by atoms with E-state index in [0.29, 0.717) is 6.54 Å². The zero-order valence-corrected chi connectivity index (χ0v) is 10.1. The molecule has 0 atom stereocenters. The highest BCUT2D eigenvalue weighted by molar-refractivity contribution is 5.79. The molecule has 0 aliphatic carbocycles.